The number of ether oxygens (including phenoxy) is 1. The van der Waals surface area contributed by atoms with Crippen molar-refractivity contribution in [2.24, 2.45) is 0 Å². The van der Waals surface area contributed by atoms with Gasteiger partial charge in [-0.3, -0.25) is 0 Å². The highest BCUT2D eigenvalue weighted by Gasteiger charge is 2.16. The van der Waals surface area contributed by atoms with E-state index in [4.69, 9.17) is 4.74 Å². The molecule has 1 atom stereocenters. The average Bonchev–Trinajstić information content (AvgIpc) is 2.19. The SMILES string of the molecule is C=CC1=C(C=C)C(O)C=C(C)O1.CC. The number of hydrogen-bond donors (Lipinski definition) is 1. The molecule has 1 aliphatic rings. The Kier molecular flexibility index (Phi) is 5.65. The van der Waals surface area contributed by atoms with Gasteiger partial charge in [0.1, 0.15) is 11.9 Å². The van der Waals surface area contributed by atoms with Gasteiger partial charge in [-0.25, -0.2) is 0 Å². The van der Waals surface area contributed by atoms with E-state index < -0.39 is 6.10 Å². The third-order valence-electron chi connectivity index (χ3n) is 1.67. The topological polar surface area (TPSA) is 29.5 Å². The summed E-state index contributed by atoms with van der Waals surface area (Å²) in [6.45, 7) is 12.9. The third kappa shape index (κ3) is 2.89. The number of aliphatic hydroxyl groups excluding tert-OH is 1. The molecule has 1 rings (SSSR count). The fourth-order valence-corrected chi connectivity index (χ4v) is 1.11. The third-order valence-corrected chi connectivity index (χ3v) is 1.67. The van der Waals surface area contributed by atoms with Gasteiger partial charge in [0.15, 0.2) is 0 Å². The quantitative estimate of drug-likeness (QED) is 0.732. The molecule has 0 bridgehead atoms. The molecule has 0 radical (unpaired) electrons. The van der Waals surface area contributed by atoms with Gasteiger partial charge in [0.2, 0.25) is 0 Å². The molecular weight excluding hydrogens is 176 g/mol. The zero-order valence-corrected chi connectivity index (χ0v) is 9.08. The minimum atomic E-state index is -0.621. The number of rotatable bonds is 2. The summed E-state index contributed by atoms with van der Waals surface area (Å²) in [6.07, 6.45) is 4.15. The van der Waals surface area contributed by atoms with Crippen molar-refractivity contribution in [3.05, 3.63) is 48.5 Å². The van der Waals surface area contributed by atoms with Crippen LogP contribution in [0.5, 0.6) is 0 Å². The molecule has 0 saturated heterocycles. The molecule has 0 aliphatic carbocycles. The normalized spacial score (nSPS) is 20.0. The predicted molar refractivity (Wildman–Crippen MR) is 59.6 cm³/mol. The maximum absolute atomic E-state index is 9.51. The van der Waals surface area contributed by atoms with E-state index in [1.165, 1.54) is 0 Å². The van der Waals surface area contributed by atoms with Gasteiger partial charge in [-0.15, -0.1) is 0 Å². The maximum atomic E-state index is 9.51. The number of hydrogen-bond acceptors (Lipinski definition) is 2. The highest BCUT2D eigenvalue weighted by molar-refractivity contribution is 5.36. The Morgan fingerprint density at radius 1 is 1.36 bits per heavy atom. The Hall–Kier alpha value is -1.28. The summed E-state index contributed by atoms with van der Waals surface area (Å²) < 4.78 is 5.30. The highest BCUT2D eigenvalue weighted by Crippen LogP contribution is 2.23. The molecule has 2 nitrogen and oxygen atoms in total. The Labute approximate surface area is 85.9 Å². The Balaban J connectivity index is 0.000000791. The van der Waals surface area contributed by atoms with E-state index in [0.717, 1.165) is 0 Å². The van der Waals surface area contributed by atoms with Crippen molar-refractivity contribution in [3.8, 4) is 0 Å². The molecule has 1 N–H and O–H groups in total. The van der Waals surface area contributed by atoms with Crippen LogP contribution in [-0.2, 0) is 4.74 Å². The van der Waals surface area contributed by atoms with Gasteiger partial charge in [-0.1, -0.05) is 33.1 Å². The van der Waals surface area contributed by atoms with Crippen molar-refractivity contribution in [1.82, 2.24) is 0 Å². The van der Waals surface area contributed by atoms with Gasteiger partial charge in [-0.2, -0.15) is 0 Å². The standard InChI is InChI=1S/C10H12O2.C2H6/c1-4-8-9(11)6-7(3)12-10(8)5-2;1-2/h4-6,9,11H,1-2H2,3H3;1-2H3. The van der Waals surface area contributed by atoms with Crippen LogP contribution in [0.15, 0.2) is 48.5 Å². The first-order valence-corrected chi connectivity index (χ1v) is 4.72. The van der Waals surface area contributed by atoms with E-state index in [9.17, 15) is 5.11 Å². The van der Waals surface area contributed by atoms with Crippen molar-refractivity contribution < 1.29 is 9.84 Å². The molecule has 78 valence electrons. The molecule has 14 heavy (non-hydrogen) atoms. The predicted octanol–water partition coefficient (Wildman–Crippen LogP) is 2.93. The summed E-state index contributed by atoms with van der Waals surface area (Å²) in [5.74, 6) is 1.26. The van der Waals surface area contributed by atoms with E-state index in [1.54, 1.807) is 25.2 Å². The Bertz CT molecular complexity index is 272. The van der Waals surface area contributed by atoms with Crippen LogP contribution in [0.25, 0.3) is 0 Å². The first kappa shape index (κ1) is 12.7. The van der Waals surface area contributed by atoms with Gasteiger partial charge in [0.05, 0.1) is 5.76 Å². The van der Waals surface area contributed by atoms with Crippen molar-refractivity contribution >= 4 is 0 Å². The van der Waals surface area contributed by atoms with E-state index in [2.05, 4.69) is 13.2 Å². The van der Waals surface area contributed by atoms with Crippen molar-refractivity contribution in [3.63, 3.8) is 0 Å². The van der Waals surface area contributed by atoms with Crippen molar-refractivity contribution in [1.29, 1.82) is 0 Å². The van der Waals surface area contributed by atoms with Gasteiger partial charge < -0.3 is 9.84 Å². The lowest BCUT2D eigenvalue weighted by atomic mass is 10.1. The van der Waals surface area contributed by atoms with Gasteiger partial charge in [0, 0.05) is 5.57 Å². The fraction of sp³-hybridized carbons (Fsp3) is 0.333. The van der Waals surface area contributed by atoms with Gasteiger partial charge in [-0.05, 0) is 19.1 Å². The van der Waals surface area contributed by atoms with Crippen molar-refractivity contribution in [2.45, 2.75) is 26.9 Å². The summed E-state index contributed by atoms with van der Waals surface area (Å²) in [5.41, 5.74) is 0.663. The summed E-state index contributed by atoms with van der Waals surface area (Å²) in [5, 5.41) is 9.51. The number of aliphatic hydroxyl groups is 1. The zero-order chi connectivity index (χ0) is 11.1. The summed E-state index contributed by atoms with van der Waals surface area (Å²) in [7, 11) is 0. The highest BCUT2D eigenvalue weighted by atomic mass is 16.5. The maximum Gasteiger partial charge on any atom is 0.132 e. The first-order valence-electron chi connectivity index (χ1n) is 4.72. The van der Waals surface area contributed by atoms with Crippen LogP contribution in [0.1, 0.15) is 20.8 Å². The molecule has 0 saturated carbocycles. The second-order valence-corrected chi connectivity index (χ2v) is 2.55. The summed E-state index contributed by atoms with van der Waals surface area (Å²) in [6, 6.07) is 0. The van der Waals surface area contributed by atoms with E-state index in [0.29, 0.717) is 17.1 Å². The van der Waals surface area contributed by atoms with Crippen LogP contribution in [-0.4, -0.2) is 11.2 Å². The van der Waals surface area contributed by atoms with Crippen LogP contribution in [0, 0.1) is 0 Å². The molecule has 0 aromatic heterocycles. The van der Waals surface area contributed by atoms with Crippen LogP contribution >= 0.6 is 0 Å². The molecule has 0 amide bonds. The van der Waals surface area contributed by atoms with E-state index in [1.807, 2.05) is 13.8 Å². The Morgan fingerprint density at radius 2 is 1.93 bits per heavy atom. The minimum Gasteiger partial charge on any atom is -0.462 e. The smallest absolute Gasteiger partial charge is 0.132 e. The number of allylic oxidation sites excluding steroid dienone is 2. The van der Waals surface area contributed by atoms with Gasteiger partial charge >= 0.3 is 0 Å². The monoisotopic (exact) mass is 194 g/mol. The fourth-order valence-electron chi connectivity index (χ4n) is 1.11. The van der Waals surface area contributed by atoms with Crippen LogP contribution in [0.3, 0.4) is 0 Å². The molecule has 1 unspecified atom stereocenters. The molecular formula is C12H18O2. The van der Waals surface area contributed by atoms with E-state index in [-0.39, 0.29) is 0 Å². The largest absolute Gasteiger partial charge is 0.462 e. The van der Waals surface area contributed by atoms with Crippen LogP contribution < -0.4 is 0 Å². The first-order chi connectivity index (χ1) is 6.69. The Morgan fingerprint density at radius 3 is 2.36 bits per heavy atom. The second-order valence-electron chi connectivity index (χ2n) is 2.55. The average molecular weight is 194 g/mol. The van der Waals surface area contributed by atoms with E-state index >= 15 is 0 Å². The lowest BCUT2D eigenvalue weighted by Crippen LogP contribution is -2.14. The summed E-state index contributed by atoms with van der Waals surface area (Å²) >= 11 is 0. The van der Waals surface area contributed by atoms with Crippen LogP contribution in [0.2, 0.25) is 0 Å². The summed E-state index contributed by atoms with van der Waals surface area (Å²) in [4.78, 5) is 0. The zero-order valence-electron chi connectivity index (χ0n) is 9.08. The minimum absolute atomic E-state index is 0.581. The van der Waals surface area contributed by atoms with Gasteiger partial charge in [0.25, 0.3) is 0 Å². The lowest BCUT2D eigenvalue weighted by molar-refractivity contribution is 0.218. The van der Waals surface area contributed by atoms with Crippen molar-refractivity contribution in [2.75, 3.05) is 0 Å². The molecule has 1 aliphatic heterocycles. The molecule has 1 heterocycles. The second kappa shape index (κ2) is 6.22. The molecule has 0 aromatic rings. The van der Waals surface area contributed by atoms with Crippen LogP contribution in [0.4, 0.5) is 0 Å². The molecule has 0 spiro atoms. The lowest BCUT2D eigenvalue weighted by Gasteiger charge is -2.19. The molecule has 0 aromatic carbocycles. The molecule has 0 fully saturated rings. The molecule has 2 heteroatoms.